The minimum absolute atomic E-state index is 0.0898. The second-order valence-electron chi connectivity index (χ2n) is 5.84. The van der Waals surface area contributed by atoms with Gasteiger partial charge in [0, 0.05) is 5.92 Å². The van der Waals surface area contributed by atoms with Crippen LogP contribution in [0.1, 0.15) is 49.9 Å². The zero-order valence-corrected chi connectivity index (χ0v) is 11.5. The van der Waals surface area contributed by atoms with Gasteiger partial charge in [-0.3, -0.25) is 4.79 Å². The van der Waals surface area contributed by atoms with Gasteiger partial charge in [-0.15, -0.1) is 0 Å². The molecule has 1 aromatic rings. The van der Waals surface area contributed by atoms with E-state index in [1.165, 1.54) is 0 Å². The Morgan fingerprint density at radius 2 is 1.79 bits per heavy atom. The number of hydrogen-bond donors (Lipinski definition) is 0. The van der Waals surface area contributed by atoms with E-state index in [1.807, 2.05) is 0 Å². The van der Waals surface area contributed by atoms with Crippen molar-refractivity contribution in [1.82, 2.24) is 0 Å². The molecule has 0 unspecified atom stereocenters. The van der Waals surface area contributed by atoms with E-state index in [9.17, 15) is 13.6 Å². The third-order valence-corrected chi connectivity index (χ3v) is 4.28. The van der Waals surface area contributed by atoms with Crippen molar-refractivity contribution in [2.24, 2.45) is 17.8 Å². The molecule has 1 saturated carbocycles. The Bertz CT molecular complexity index is 460. The molecule has 104 valence electrons. The van der Waals surface area contributed by atoms with Crippen molar-refractivity contribution in [3.63, 3.8) is 0 Å². The van der Waals surface area contributed by atoms with Crippen molar-refractivity contribution in [3.8, 4) is 0 Å². The first-order chi connectivity index (χ1) is 8.99. The second-order valence-corrected chi connectivity index (χ2v) is 5.84. The maximum absolute atomic E-state index is 13.6. The highest BCUT2D eigenvalue weighted by atomic mass is 19.1. The normalized spacial score (nSPS) is 23.6. The molecule has 0 bridgehead atoms. The fourth-order valence-corrected chi connectivity index (χ4v) is 2.95. The van der Waals surface area contributed by atoms with E-state index in [1.54, 1.807) is 0 Å². The highest BCUT2D eigenvalue weighted by molar-refractivity contribution is 5.98. The van der Waals surface area contributed by atoms with Crippen LogP contribution in [-0.2, 0) is 0 Å². The number of rotatable bonds is 3. The van der Waals surface area contributed by atoms with Crippen LogP contribution < -0.4 is 0 Å². The van der Waals surface area contributed by atoms with Crippen LogP contribution in [0.15, 0.2) is 18.2 Å². The molecule has 19 heavy (non-hydrogen) atoms. The third kappa shape index (κ3) is 3.20. The lowest BCUT2D eigenvalue weighted by molar-refractivity contribution is 0.0854. The van der Waals surface area contributed by atoms with Gasteiger partial charge in [-0.2, -0.15) is 0 Å². The first kappa shape index (κ1) is 14.2. The predicted molar refractivity (Wildman–Crippen MR) is 71.0 cm³/mol. The van der Waals surface area contributed by atoms with Crippen LogP contribution in [0, 0.1) is 29.4 Å². The number of carbonyl (C=O) groups excluding carboxylic acids is 1. The van der Waals surface area contributed by atoms with Crippen molar-refractivity contribution in [3.05, 3.63) is 35.4 Å². The highest BCUT2D eigenvalue weighted by Crippen LogP contribution is 2.35. The lowest BCUT2D eigenvalue weighted by Gasteiger charge is -2.30. The summed E-state index contributed by atoms with van der Waals surface area (Å²) in [6, 6.07) is 3.09. The number of Topliss-reactive ketones (excluding diaryl/α,β-unsaturated/α-hetero) is 1. The van der Waals surface area contributed by atoms with E-state index in [4.69, 9.17) is 0 Å². The smallest absolute Gasteiger partial charge is 0.168 e. The van der Waals surface area contributed by atoms with Crippen molar-refractivity contribution in [1.29, 1.82) is 0 Å². The molecule has 0 amide bonds. The van der Waals surface area contributed by atoms with Gasteiger partial charge in [0.05, 0.1) is 5.56 Å². The molecule has 0 radical (unpaired) electrons. The zero-order chi connectivity index (χ0) is 14.0. The molecule has 0 spiro atoms. The van der Waals surface area contributed by atoms with Crippen molar-refractivity contribution >= 4 is 5.78 Å². The van der Waals surface area contributed by atoms with Crippen LogP contribution in [0.2, 0.25) is 0 Å². The van der Waals surface area contributed by atoms with E-state index >= 15 is 0 Å². The molecule has 1 aliphatic rings. The fraction of sp³-hybridized carbons (Fsp3) is 0.562. The monoisotopic (exact) mass is 266 g/mol. The molecule has 1 fully saturated rings. The van der Waals surface area contributed by atoms with Crippen molar-refractivity contribution in [2.45, 2.75) is 39.5 Å². The molecule has 0 heterocycles. The molecular weight excluding hydrogens is 246 g/mol. The number of hydrogen-bond acceptors (Lipinski definition) is 1. The van der Waals surface area contributed by atoms with E-state index < -0.39 is 11.6 Å². The van der Waals surface area contributed by atoms with E-state index in [0.717, 1.165) is 43.9 Å². The zero-order valence-electron chi connectivity index (χ0n) is 11.5. The van der Waals surface area contributed by atoms with Gasteiger partial charge in [-0.1, -0.05) is 13.8 Å². The minimum Gasteiger partial charge on any atom is -0.294 e. The average Bonchev–Trinajstić information content (AvgIpc) is 2.41. The number of halogens is 2. The summed E-state index contributed by atoms with van der Waals surface area (Å²) < 4.78 is 26.7. The Balaban J connectivity index is 2.07. The van der Waals surface area contributed by atoms with Crippen LogP contribution >= 0.6 is 0 Å². The lowest BCUT2D eigenvalue weighted by Crippen LogP contribution is -2.24. The lowest BCUT2D eigenvalue weighted by atomic mass is 9.75. The van der Waals surface area contributed by atoms with Crippen LogP contribution in [0.5, 0.6) is 0 Å². The summed E-state index contributed by atoms with van der Waals surface area (Å²) in [5, 5.41) is 0. The molecule has 2 rings (SSSR count). The number of ketones is 1. The topological polar surface area (TPSA) is 17.1 Å². The summed E-state index contributed by atoms with van der Waals surface area (Å²) in [7, 11) is 0. The first-order valence-corrected chi connectivity index (χ1v) is 6.98. The van der Waals surface area contributed by atoms with Crippen LogP contribution in [0.3, 0.4) is 0 Å². The summed E-state index contributed by atoms with van der Waals surface area (Å²) in [5.74, 6) is -0.271. The van der Waals surface area contributed by atoms with Gasteiger partial charge < -0.3 is 0 Å². The summed E-state index contributed by atoms with van der Waals surface area (Å²) in [6.07, 6.45) is 3.59. The van der Waals surface area contributed by atoms with Gasteiger partial charge in [0.1, 0.15) is 11.6 Å². The summed E-state index contributed by atoms with van der Waals surface area (Å²) >= 11 is 0. The van der Waals surface area contributed by atoms with Crippen LogP contribution in [0.25, 0.3) is 0 Å². The molecule has 0 saturated heterocycles. The molecule has 0 aliphatic heterocycles. The molecule has 0 N–H and O–H groups in total. The summed E-state index contributed by atoms with van der Waals surface area (Å²) in [6.45, 7) is 4.39. The van der Waals surface area contributed by atoms with Gasteiger partial charge in [-0.25, -0.2) is 8.78 Å². The molecular formula is C16H20F2O. The Hall–Kier alpha value is -1.25. The van der Waals surface area contributed by atoms with Crippen molar-refractivity contribution in [2.75, 3.05) is 0 Å². The quantitative estimate of drug-likeness (QED) is 0.730. The van der Waals surface area contributed by atoms with E-state index in [0.29, 0.717) is 11.8 Å². The Morgan fingerprint density at radius 3 is 2.37 bits per heavy atom. The molecule has 1 nitrogen and oxygen atoms in total. The maximum atomic E-state index is 13.6. The largest absolute Gasteiger partial charge is 0.294 e. The first-order valence-electron chi connectivity index (χ1n) is 6.98. The Kier molecular flexibility index (Phi) is 4.33. The molecule has 1 aliphatic carbocycles. The SMILES string of the molecule is CC(C)C1CCC(C(=O)c2cc(F)ccc2F)CC1. The van der Waals surface area contributed by atoms with Crippen LogP contribution in [0.4, 0.5) is 8.78 Å². The summed E-state index contributed by atoms with van der Waals surface area (Å²) in [4.78, 5) is 12.2. The van der Waals surface area contributed by atoms with E-state index in [-0.39, 0.29) is 17.3 Å². The van der Waals surface area contributed by atoms with Gasteiger partial charge in [0.25, 0.3) is 0 Å². The summed E-state index contributed by atoms with van der Waals surface area (Å²) in [5.41, 5.74) is -0.0898. The van der Waals surface area contributed by atoms with Gasteiger partial charge in [0.15, 0.2) is 5.78 Å². The highest BCUT2D eigenvalue weighted by Gasteiger charge is 2.29. The predicted octanol–water partition coefficient (Wildman–Crippen LogP) is 4.61. The Morgan fingerprint density at radius 1 is 1.16 bits per heavy atom. The van der Waals surface area contributed by atoms with Gasteiger partial charge >= 0.3 is 0 Å². The molecule has 3 heteroatoms. The maximum Gasteiger partial charge on any atom is 0.168 e. The van der Waals surface area contributed by atoms with Crippen molar-refractivity contribution < 1.29 is 13.6 Å². The molecule has 1 aromatic carbocycles. The number of benzene rings is 1. The van der Waals surface area contributed by atoms with Gasteiger partial charge in [-0.05, 0) is 55.7 Å². The van der Waals surface area contributed by atoms with Crippen LogP contribution in [-0.4, -0.2) is 5.78 Å². The average molecular weight is 266 g/mol. The molecule has 0 aromatic heterocycles. The number of carbonyl (C=O) groups is 1. The fourth-order valence-electron chi connectivity index (χ4n) is 2.95. The van der Waals surface area contributed by atoms with Gasteiger partial charge in [0.2, 0.25) is 0 Å². The Labute approximate surface area is 113 Å². The van der Waals surface area contributed by atoms with E-state index in [2.05, 4.69) is 13.8 Å². The minimum atomic E-state index is -0.614. The third-order valence-electron chi connectivity index (χ3n) is 4.28. The second kappa shape index (κ2) is 5.81. The molecule has 0 atom stereocenters. The standard InChI is InChI=1S/C16H20F2O/c1-10(2)11-3-5-12(6-4-11)16(19)14-9-13(17)7-8-15(14)18/h7-12H,3-6H2,1-2H3.